The number of hydrogen-bond acceptors (Lipinski definition) is 8. The Morgan fingerprint density at radius 3 is 2.23 bits per heavy atom. The topological polar surface area (TPSA) is 105 Å². The summed E-state index contributed by atoms with van der Waals surface area (Å²) in [5.74, 6) is -0.714. The van der Waals surface area contributed by atoms with Crippen LogP contribution in [-0.2, 0) is 30.3 Å². The molecule has 212 valence electrons. The quantitative estimate of drug-likeness (QED) is 0.0798. The lowest BCUT2D eigenvalue weighted by atomic mass is 10.0. The lowest BCUT2D eigenvalue weighted by Gasteiger charge is -2.10. The van der Waals surface area contributed by atoms with Gasteiger partial charge >= 0.3 is 17.9 Å². The van der Waals surface area contributed by atoms with Crippen LogP contribution in [0.1, 0.15) is 60.5 Å². The summed E-state index contributed by atoms with van der Waals surface area (Å²) in [7, 11) is 1.25. The second-order valence-electron chi connectivity index (χ2n) is 8.82. The van der Waals surface area contributed by atoms with Gasteiger partial charge in [0.2, 0.25) is 0 Å². The highest BCUT2D eigenvalue weighted by Crippen LogP contribution is 2.21. The first-order chi connectivity index (χ1) is 19.3. The van der Waals surface area contributed by atoms with E-state index in [0.29, 0.717) is 24.3 Å². The maximum Gasteiger partial charge on any atom is 0.335 e. The van der Waals surface area contributed by atoms with Crippen LogP contribution < -0.4 is 9.47 Å². The highest BCUT2D eigenvalue weighted by molar-refractivity contribution is 6.07. The molecule has 0 aliphatic rings. The number of ketones is 1. The second-order valence-corrected chi connectivity index (χ2v) is 8.82. The van der Waals surface area contributed by atoms with Crippen LogP contribution in [-0.4, -0.2) is 44.0 Å². The predicted octanol–water partition coefficient (Wildman–Crippen LogP) is 5.84. The zero-order valence-corrected chi connectivity index (χ0v) is 23.1. The smallest absolute Gasteiger partial charge is 0.335 e. The van der Waals surface area contributed by atoms with Crippen molar-refractivity contribution >= 4 is 29.8 Å². The zero-order valence-electron chi connectivity index (χ0n) is 23.1. The van der Waals surface area contributed by atoms with Crippen LogP contribution in [0.2, 0.25) is 0 Å². The van der Waals surface area contributed by atoms with Gasteiger partial charge in [0, 0.05) is 17.2 Å². The van der Waals surface area contributed by atoms with Gasteiger partial charge in [-0.3, -0.25) is 9.59 Å². The lowest BCUT2D eigenvalue weighted by Crippen LogP contribution is -2.12. The van der Waals surface area contributed by atoms with E-state index >= 15 is 0 Å². The van der Waals surface area contributed by atoms with Gasteiger partial charge in [0.1, 0.15) is 11.5 Å². The molecule has 0 bridgehead atoms. The van der Waals surface area contributed by atoms with Crippen LogP contribution in [0.25, 0.3) is 6.08 Å². The van der Waals surface area contributed by atoms with E-state index in [2.05, 4.69) is 17.9 Å². The minimum atomic E-state index is -0.578. The van der Waals surface area contributed by atoms with E-state index in [1.165, 1.54) is 13.2 Å². The maximum atomic E-state index is 12.6. The van der Waals surface area contributed by atoms with Gasteiger partial charge in [-0.25, -0.2) is 9.59 Å². The number of esters is 3. The van der Waals surface area contributed by atoms with E-state index in [1.54, 1.807) is 30.3 Å². The molecule has 0 amide bonds. The van der Waals surface area contributed by atoms with Crippen LogP contribution in [0.5, 0.6) is 11.5 Å². The molecule has 0 aliphatic carbocycles. The van der Waals surface area contributed by atoms with Crippen LogP contribution in [0.15, 0.2) is 73.3 Å². The summed E-state index contributed by atoms with van der Waals surface area (Å²) in [6, 6.07) is 12.1. The molecule has 0 spiro atoms. The first-order valence-corrected chi connectivity index (χ1v) is 13.1. The third-order valence-electron chi connectivity index (χ3n) is 5.85. The van der Waals surface area contributed by atoms with Crippen molar-refractivity contribution in [3.8, 4) is 11.5 Å². The summed E-state index contributed by atoms with van der Waals surface area (Å²) in [6.07, 6.45) is 8.34. The van der Waals surface area contributed by atoms with Crippen molar-refractivity contribution in [3.05, 3.63) is 90.0 Å². The molecule has 0 radical (unpaired) electrons. The summed E-state index contributed by atoms with van der Waals surface area (Å²) in [5, 5.41) is 0. The number of carbonyl (C=O) groups is 4. The fourth-order valence-electron chi connectivity index (χ4n) is 3.58. The van der Waals surface area contributed by atoms with Crippen LogP contribution >= 0.6 is 0 Å². The lowest BCUT2D eigenvalue weighted by molar-refractivity contribution is -0.144. The average molecular weight is 549 g/mol. The number of unbranched alkanes of at least 4 members (excludes halogenated alkanes) is 3. The molecule has 0 fully saturated rings. The molecule has 0 heterocycles. The maximum absolute atomic E-state index is 12.6. The Balaban J connectivity index is 1.74. The molecule has 0 atom stereocenters. The molecule has 0 saturated carbocycles. The van der Waals surface area contributed by atoms with Gasteiger partial charge in [0.05, 0.1) is 26.7 Å². The largest absolute Gasteiger partial charge is 0.494 e. The van der Waals surface area contributed by atoms with Crippen molar-refractivity contribution in [3.63, 3.8) is 0 Å². The SMILES string of the molecule is C=CC(=O)Oc1ccc(C(=O)/C=C/c2ccc(OCCCCCCOC(=O)C(=C)CC(=O)OC)cc2CC)cc1. The Bertz CT molecular complexity index is 1220. The van der Waals surface area contributed by atoms with Gasteiger partial charge in [0.15, 0.2) is 5.78 Å². The number of hydrogen-bond donors (Lipinski definition) is 0. The third-order valence-corrected chi connectivity index (χ3v) is 5.85. The standard InChI is InChI=1S/C32H36O8/c1-5-24-22-28(38-19-9-7-8-10-20-39-32(36)23(3)21-31(35)37-4)17-11-25(24)14-18-29(33)26-12-15-27(16-13-26)40-30(34)6-2/h6,11-18,22H,2-3,5,7-10,19-21H2,1,4H3/b18-14+. The van der Waals surface area contributed by atoms with Gasteiger partial charge in [-0.1, -0.05) is 32.2 Å². The molecule has 2 rings (SSSR count). The summed E-state index contributed by atoms with van der Waals surface area (Å²) in [5.41, 5.74) is 2.56. The van der Waals surface area contributed by atoms with Crippen molar-refractivity contribution < 1.29 is 38.1 Å². The fourth-order valence-corrected chi connectivity index (χ4v) is 3.58. The highest BCUT2D eigenvalue weighted by Gasteiger charge is 2.13. The third kappa shape index (κ3) is 11.1. The normalized spacial score (nSPS) is 10.6. The fraction of sp³-hybridized carbons (Fsp3) is 0.312. The van der Waals surface area contributed by atoms with E-state index < -0.39 is 17.9 Å². The summed E-state index contributed by atoms with van der Waals surface area (Å²) < 4.78 is 20.5. The van der Waals surface area contributed by atoms with Gasteiger partial charge in [-0.05, 0) is 85.7 Å². The van der Waals surface area contributed by atoms with Gasteiger partial charge in [-0.2, -0.15) is 0 Å². The van der Waals surface area contributed by atoms with Crippen molar-refractivity contribution in [2.75, 3.05) is 20.3 Å². The first-order valence-electron chi connectivity index (χ1n) is 13.1. The van der Waals surface area contributed by atoms with Gasteiger partial charge in [0.25, 0.3) is 0 Å². The summed E-state index contributed by atoms with van der Waals surface area (Å²) in [4.78, 5) is 46.8. The van der Waals surface area contributed by atoms with Crippen LogP contribution in [0.3, 0.4) is 0 Å². The van der Waals surface area contributed by atoms with E-state index in [1.807, 2.05) is 25.1 Å². The van der Waals surface area contributed by atoms with E-state index in [9.17, 15) is 19.2 Å². The predicted molar refractivity (Wildman–Crippen MR) is 152 cm³/mol. The molecule has 40 heavy (non-hydrogen) atoms. The van der Waals surface area contributed by atoms with Crippen molar-refractivity contribution in [2.24, 2.45) is 0 Å². The summed E-state index contributed by atoms with van der Waals surface area (Å²) in [6.45, 7) is 9.77. The van der Waals surface area contributed by atoms with E-state index in [0.717, 1.165) is 48.6 Å². The molecule has 0 aromatic heterocycles. The van der Waals surface area contributed by atoms with Gasteiger partial charge < -0.3 is 18.9 Å². The minimum absolute atomic E-state index is 0.0831. The first kappa shape index (κ1) is 31.8. The zero-order chi connectivity index (χ0) is 29.3. The number of ether oxygens (including phenoxy) is 4. The summed E-state index contributed by atoms with van der Waals surface area (Å²) >= 11 is 0. The molecular formula is C32H36O8. The number of allylic oxidation sites excluding steroid dienone is 1. The van der Waals surface area contributed by atoms with E-state index in [4.69, 9.17) is 14.2 Å². The molecule has 8 nitrogen and oxygen atoms in total. The van der Waals surface area contributed by atoms with Gasteiger partial charge in [-0.15, -0.1) is 0 Å². The molecule has 2 aromatic rings. The molecule has 8 heteroatoms. The van der Waals surface area contributed by atoms with Crippen LogP contribution in [0.4, 0.5) is 0 Å². The molecular weight excluding hydrogens is 512 g/mol. The average Bonchev–Trinajstić information content (AvgIpc) is 2.97. The van der Waals surface area contributed by atoms with Crippen molar-refractivity contribution in [1.82, 2.24) is 0 Å². The Labute approximate surface area is 235 Å². The number of aryl methyl sites for hydroxylation is 1. The molecule has 0 aliphatic heterocycles. The monoisotopic (exact) mass is 548 g/mol. The molecule has 2 aromatic carbocycles. The molecule has 0 saturated heterocycles. The number of methoxy groups -OCH3 is 1. The van der Waals surface area contributed by atoms with Crippen molar-refractivity contribution in [1.29, 1.82) is 0 Å². The van der Waals surface area contributed by atoms with E-state index in [-0.39, 0.29) is 24.4 Å². The number of rotatable bonds is 17. The number of benzene rings is 2. The second kappa shape index (κ2) is 17.2. The number of carbonyl (C=O) groups excluding carboxylic acids is 4. The Morgan fingerprint density at radius 2 is 1.57 bits per heavy atom. The molecule has 0 N–H and O–H groups in total. The minimum Gasteiger partial charge on any atom is -0.494 e. The highest BCUT2D eigenvalue weighted by atomic mass is 16.5. The molecule has 0 unspecified atom stereocenters. The Morgan fingerprint density at radius 1 is 0.900 bits per heavy atom. The Hall–Kier alpha value is -4.46. The Kier molecular flexibility index (Phi) is 13.6. The van der Waals surface area contributed by atoms with Crippen LogP contribution in [0, 0.1) is 0 Å². The van der Waals surface area contributed by atoms with Crippen molar-refractivity contribution in [2.45, 2.75) is 45.4 Å².